The molecule has 0 aliphatic carbocycles. The summed E-state index contributed by atoms with van der Waals surface area (Å²) < 4.78 is 1.26. The average molecular weight is 565 g/mol. The zero-order chi connectivity index (χ0) is 30.3. The molecule has 13 nitrogen and oxygen atoms in total. The molecular formula is C28H36N8O5. The van der Waals surface area contributed by atoms with Crippen LogP contribution >= 0.6 is 0 Å². The molecule has 13 heteroatoms. The van der Waals surface area contributed by atoms with Gasteiger partial charge in [0.25, 0.3) is 11.5 Å². The quantitative estimate of drug-likeness (QED) is 0.0596. The van der Waals surface area contributed by atoms with E-state index in [9.17, 15) is 19.5 Å². The van der Waals surface area contributed by atoms with Crippen molar-refractivity contribution < 1.29 is 19.9 Å². The number of nitrogen functional groups attached to an aromatic ring is 1. The number of aromatic nitrogens is 2. The van der Waals surface area contributed by atoms with Crippen LogP contribution in [0.5, 0.6) is 5.75 Å². The molecule has 1 aromatic heterocycles. The third-order valence-electron chi connectivity index (χ3n) is 6.22. The zero-order valence-electron chi connectivity index (χ0n) is 23.4. The molecule has 0 aliphatic rings. The van der Waals surface area contributed by atoms with Gasteiger partial charge in [-0.05, 0) is 63.1 Å². The predicted molar refractivity (Wildman–Crippen MR) is 157 cm³/mol. The number of amides is 2. The second-order valence-electron chi connectivity index (χ2n) is 9.92. The Kier molecular flexibility index (Phi) is 9.90. The van der Waals surface area contributed by atoms with Crippen molar-refractivity contribution in [3.63, 3.8) is 0 Å². The SMILES string of the molecule is CCC(C)NC(=O)c1cc(N)cc(-c2cnc(NC(C)C)c(=O)n2CC(=O)NCc2ccc(/C(N)=N/O)c(O)c2)c1. The van der Waals surface area contributed by atoms with Crippen LogP contribution in [0.1, 0.15) is 55.6 Å². The molecule has 1 unspecified atom stereocenters. The summed E-state index contributed by atoms with van der Waals surface area (Å²) in [5.74, 6) is -1.21. The number of aromatic hydroxyl groups is 1. The first-order chi connectivity index (χ1) is 19.4. The highest BCUT2D eigenvalue weighted by atomic mass is 16.4. The Morgan fingerprint density at radius 2 is 1.88 bits per heavy atom. The van der Waals surface area contributed by atoms with Crippen LogP contribution in [-0.2, 0) is 17.9 Å². The number of nitrogens with zero attached hydrogens (tertiary/aromatic N) is 3. The van der Waals surface area contributed by atoms with E-state index in [0.29, 0.717) is 28.1 Å². The highest BCUT2D eigenvalue weighted by molar-refractivity contribution is 5.99. The van der Waals surface area contributed by atoms with Crippen molar-refractivity contribution in [2.75, 3.05) is 11.1 Å². The van der Waals surface area contributed by atoms with Crippen LogP contribution < -0.4 is 33.0 Å². The van der Waals surface area contributed by atoms with Crippen LogP contribution in [0.25, 0.3) is 11.3 Å². The molecule has 2 amide bonds. The standard InChI is InChI=1S/C28H36N8O5/c1-5-16(4)34-27(39)19-9-18(10-20(29)11-19)22-13-32-26(33-15(2)3)28(40)36(22)14-24(38)31-12-17-6-7-21(23(37)8-17)25(30)35-41/h6-11,13,15-16,37,41H,5,12,14,29H2,1-4H3,(H2,30,35)(H,31,38)(H,32,33)(H,34,39). The summed E-state index contributed by atoms with van der Waals surface area (Å²) in [7, 11) is 0. The largest absolute Gasteiger partial charge is 0.507 e. The summed E-state index contributed by atoms with van der Waals surface area (Å²) in [6, 6.07) is 9.03. The van der Waals surface area contributed by atoms with Gasteiger partial charge in [-0.15, -0.1) is 0 Å². The summed E-state index contributed by atoms with van der Waals surface area (Å²) in [6.07, 6.45) is 2.20. The maximum atomic E-state index is 13.4. The zero-order valence-corrected chi connectivity index (χ0v) is 23.4. The molecule has 9 N–H and O–H groups in total. The maximum absolute atomic E-state index is 13.4. The number of oxime groups is 1. The van der Waals surface area contributed by atoms with Crippen LogP contribution in [0, 0.1) is 0 Å². The lowest BCUT2D eigenvalue weighted by atomic mass is 10.1. The van der Waals surface area contributed by atoms with E-state index in [1.165, 1.54) is 22.9 Å². The van der Waals surface area contributed by atoms with E-state index in [2.05, 4.69) is 26.1 Å². The molecule has 0 saturated heterocycles. The number of hydrogen-bond donors (Lipinski definition) is 7. The van der Waals surface area contributed by atoms with Gasteiger partial charge in [0.2, 0.25) is 5.91 Å². The predicted octanol–water partition coefficient (Wildman–Crippen LogP) is 1.96. The Bertz CT molecular complexity index is 1520. The second-order valence-corrected chi connectivity index (χ2v) is 9.92. The fourth-order valence-electron chi connectivity index (χ4n) is 3.95. The third-order valence-corrected chi connectivity index (χ3v) is 6.22. The van der Waals surface area contributed by atoms with E-state index in [0.717, 1.165) is 6.42 Å². The molecule has 0 bridgehead atoms. The number of carbonyl (C=O) groups excluding carboxylic acids is 2. The van der Waals surface area contributed by atoms with Crippen LogP contribution in [0.4, 0.5) is 11.5 Å². The highest BCUT2D eigenvalue weighted by Crippen LogP contribution is 2.24. The van der Waals surface area contributed by atoms with Gasteiger partial charge in [-0.25, -0.2) is 4.98 Å². The molecule has 0 saturated carbocycles. The van der Waals surface area contributed by atoms with E-state index in [4.69, 9.17) is 16.7 Å². The number of nitrogens with two attached hydrogens (primary N) is 2. The maximum Gasteiger partial charge on any atom is 0.294 e. The topological polar surface area (TPSA) is 210 Å². The number of phenolic OH excluding ortho intramolecular Hbond substituents is 1. The van der Waals surface area contributed by atoms with E-state index in [-0.39, 0.29) is 54.0 Å². The van der Waals surface area contributed by atoms with Crippen molar-refractivity contribution in [3.8, 4) is 17.0 Å². The number of benzene rings is 2. The van der Waals surface area contributed by atoms with E-state index >= 15 is 0 Å². The monoisotopic (exact) mass is 564 g/mol. The summed E-state index contributed by atoms with van der Waals surface area (Å²) in [4.78, 5) is 43.5. The van der Waals surface area contributed by atoms with E-state index < -0.39 is 11.5 Å². The Labute approximate surface area is 237 Å². The van der Waals surface area contributed by atoms with Crippen LogP contribution in [0.2, 0.25) is 0 Å². The van der Waals surface area contributed by atoms with Crippen molar-refractivity contribution >= 4 is 29.2 Å². The number of anilines is 2. The molecule has 0 fully saturated rings. The first kappa shape index (κ1) is 30.5. The number of amidine groups is 1. The normalized spacial score (nSPS) is 12.2. The Morgan fingerprint density at radius 3 is 2.51 bits per heavy atom. The number of phenols is 1. The minimum Gasteiger partial charge on any atom is -0.507 e. The van der Waals surface area contributed by atoms with Crippen LogP contribution in [-0.4, -0.2) is 49.6 Å². The van der Waals surface area contributed by atoms with Gasteiger partial charge in [0.15, 0.2) is 11.7 Å². The first-order valence-electron chi connectivity index (χ1n) is 13.1. The lowest BCUT2D eigenvalue weighted by molar-refractivity contribution is -0.121. The minimum absolute atomic E-state index is 0.0351. The van der Waals surface area contributed by atoms with Crippen molar-refractivity contribution in [2.45, 2.75) is 59.3 Å². The van der Waals surface area contributed by atoms with Gasteiger partial charge in [-0.2, -0.15) is 0 Å². The summed E-state index contributed by atoms with van der Waals surface area (Å²) in [5, 5.41) is 30.5. The Balaban J connectivity index is 1.94. The average Bonchev–Trinajstić information content (AvgIpc) is 2.93. The molecular weight excluding hydrogens is 528 g/mol. The molecule has 0 aliphatic heterocycles. The first-order valence-corrected chi connectivity index (χ1v) is 13.1. The Morgan fingerprint density at radius 1 is 1.15 bits per heavy atom. The molecule has 1 heterocycles. The smallest absolute Gasteiger partial charge is 0.294 e. The van der Waals surface area contributed by atoms with Crippen LogP contribution in [0.3, 0.4) is 0 Å². The van der Waals surface area contributed by atoms with Gasteiger partial charge in [0.05, 0.1) is 17.5 Å². The van der Waals surface area contributed by atoms with Gasteiger partial charge in [0, 0.05) is 35.4 Å². The minimum atomic E-state index is -0.528. The molecule has 3 aromatic rings. The fraction of sp³-hybridized carbons (Fsp3) is 0.321. The van der Waals surface area contributed by atoms with Crippen molar-refractivity contribution in [1.29, 1.82) is 0 Å². The summed E-state index contributed by atoms with van der Waals surface area (Å²) in [5.41, 5.74) is 13.2. The molecule has 218 valence electrons. The second kappa shape index (κ2) is 13.3. The molecule has 0 spiro atoms. The van der Waals surface area contributed by atoms with Gasteiger partial charge >= 0.3 is 0 Å². The molecule has 3 rings (SSSR count). The lowest BCUT2D eigenvalue weighted by Gasteiger charge is -2.17. The fourth-order valence-corrected chi connectivity index (χ4v) is 3.95. The van der Waals surface area contributed by atoms with Crippen molar-refractivity contribution in [1.82, 2.24) is 20.2 Å². The van der Waals surface area contributed by atoms with Crippen LogP contribution in [0.15, 0.2) is 52.5 Å². The van der Waals surface area contributed by atoms with Gasteiger partial charge in [-0.3, -0.25) is 19.0 Å². The van der Waals surface area contributed by atoms with Gasteiger partial charge in [0.1, 0.15) is 12.3 Å². The number of nitrogens with one attached hydrogen (secondary N) is 3. The molecule has 0 radical (unpaired) electrons. The highest BCUT2D eigenvalue weighted by Gasteiger charge is 2.18. The summed E-state index contributed by atoms with van der Waals surface area (Å²) in [6.45, 7) is 7.23. The number of hydrogen-bond acceptors (Lipinski definition) is 9. The molecule has 1 atom stereocenters. The summed E-state index contributed by atoms with van der Waals surface area (Å²) >= 11 is 0. The lowest BCUT2D eigenvalue weighted by Crippen LogP contribution is -2.35. The molecule has 41 heavy (non-hydrogen) atoms. The van der Waals surface area contributed by atoms with E-state index in [1.54, 1.807) is 24.3 Å². The van der Waals surface area contributed by atoms with Crippen molar-refractivity contribution in [2.24, 2.45) is 10.9 Å². The third kappa shape index (κ3) is 7.75. The Hall–Kier alpha value is -5.07. The van der Waals surface area contributed by atoms with Gasteiger partial charge in [-0.1, -0.05) is 18.1 Å². The van der Waals surface area contributed by atoms with E-state index in [1.807, 2.05) is 27.7 Å². The number of carbonyl (C=O) groups is 2. The molecule has 2 aromatic carbocycles. The van der Waals surface area contributed by atoms with Gasteiger partial charge < -0.3 is 37.7 Å². The number of rotatable bonds is 11. The van der Waals surface area contributed by atoms with Crippen molar-refractivity contribution in [3.05, 3.63) is 69.6 Å².